The van der Waals surface area contributed by atoms with Crippen molar-refractivity contribution in [2.24, 2.45) is 0 Å². The Kier molecular flexibility index (Phi) is 3.79. The molecule has 1 saturated carbocycles. The Hall–Kier alpha value is -1.35. The molecule has 20 heavy (non-hydrogen) atoms. The van der Waals surface area contributed by atoms with Gasteiger partial charge in [-0.1, -0.05) is 34.1 Å². The number of hydrogen-bond acceptors (Lipinski definition) is 1. The first kappa shape index (κ1) is 13.6. The number of aryl methyl sites for hydroxylation is 1. The zero-order chi connectivity index (χ0) is 14.1. The molecular formula is C17H17BrFN. The molecule has 1 nitrogen and oxygen atoms in total. The quantitative estimate of drug-likeness (QED) is 0.808. The molecule has 104 valence electrons. The molecule has 2 aromatic rings. The lowest BCUT2D eigenvalue weighted by molar-refractivity contribution is 0.363. The number of benzene rings is 2. The van der Waals surface area contributed by atoms with Gasteiger partial charge >= 0.3 is 0 Å². The summed E-state index contributed by atoms with van der Waals surface area (Å²) in [4.78, 5) is 0. The van der Waals surface area contributed by atoms with Crippen LogP contribution in [0.3, 0.4) is 0 Å². The van der Waals surface area contributed by atoms with E-state index in [-0.39, 0.29) is 5.82 Å². The van der Waals surface area contributed by atoms with Crippen LogP contribution in [0.2, 0.25) is 0 Å². The molecule has 1 N–H and O–H groups in total. The zero-order valence-electron chi connectivity index (χ0n) is 11.4. The van der Waals surface area contributed by atoms with Crippen LogP contribution in [0.1, 0.15) is 29.9 Å². The average Bonchev–Trinajstić information content (AvgIpc) is 2.33. The Labute approximate surface area is 127 Å². The van der Waals surface area contributed by atoms with Gasteiger partial charge in [-0.3, -0.25) is 0 Å². The fraction of sp³-hybridized carbons (Fsp3) is 0.294. The minimum Gasteiger partial charge on any atom is -0.382 e. The lowest BCUT2D eigenvalue weighted by atomic mass is 9.75. The standard InChI is InChI=1S/C17H17BrFN/c1-11-6-13(18)10-14(7-11)20-15-8-12(9-15)16-4-2-3-5-17(16)19/h2-7,10,12,15,20H,8-9H2,1H3. The Bertz CT molecular complexity index is 600. The van der Waals surface area contributed by atoms with E-state index in [1.807, 2.05) is 12.1 Å². The van der Waals surface area contributed by atoms with Crippen molar-refractivity contribution < 1.29 is 4.39 Å². The summed E-state index contributed by atoms with van der Waals surface area (Å²) >= 11 is 3.51. The molecule has 0 unspecified atom stereocenters. The molecule has 0 bridgehead atoms. The number of hydrogen-bond donors (Lipinski definition) is 1. The largest absolute Gasteiger partial charge is 0.382 e. The molecule has 0 heterocycles. The summed E-state index contributed by atoms with van der Waals surface area (Å²) in [5, 5.41) is 3.53. The normalized spacial score (nSPS) is 21.4. The van der Waals surface area contributed by atoms with Crippen molar-refractivity contribution in [2.45, 2.75) is 31.7 Å². The van der Waals surface area contributed by atoms with Crippen molar-refractivity contribution in [1.82, 2.24) is 0 Å². The molecule has 0 spiro atoms. The predicted octanol–water partition coefficient (Wildman–Crippen LogP) is 5.25. The van der Waals surface area contributed by atoms with Crippen molar-refractivity contribution in [1.29, 1.82) is 0 Å². The molecular weight excluding hydrogens is 317 g/mol. The fourth-order valence-corrected chi connectivity index (χ4v) is 3.46. The van der Waals surface area contributed by atoms with Gasteiger partial charge in [-0.05, 0) is 61.1 Å². The maximum absolute atomic E-state index is 13.7. The van der Waals surface area contributed by atoms with Crippen LogP contribution in [0, 0.1) is 12.7 Å². The van der Waals surface area contributed by atoms with Crippen LogP contribution in [0.5, 0.6) is 0 Å². The third-order valence-electron chi connectivity index (χ3n) is 3.90. The van der Waals surface area contributed by atoms with Gasteiger partial charge in [0, 0.05) is 16.2 Å². The molecule has 3 rings (SSSR count). The van der Waals surface area contributed by atoms with Gasteiger partial charge in [0.1, 0.15) is 5.82 Å². The fourth-order valence-electron chi connectivity index (χ4n) is 2.85. The summed E-state index contributed by atoms with van der Waals surface area (Å²) < 4.78 is 14.8. The van der Waals surface area contributed by atoms with Gasteiger partial charge in [0.25, 0.3) is 0 Å². The summed E-state index contributed by atoms with van der Waals surface area (Å²) in [7, 11) is 0. The van der Waals surface area contributed by atoms with E-state index < -0.39 is 0 Å². The van der Waals surface area contributed by atoms with Gasteiger partial charge in [0.05, 0.1) is 0 Å². The highest BCUT2D eigenvalue weighted by atomic mass is 79.9. The Morgan fingerprint density at radius 3 is 2.60 bits per heavy atom. The molecule has 0 atom stereocenters. The van der Waals surface area contributed by atoms with Gasteiger partial charge in [0.15, 0.2) is 0 Å². The molecule has 1 aliphatic carbocycles. The van der Waals surface area contributed by atoms with E-state index in [1.165, 1.54) is 5.56 Å². The van der Waals surface area contributed by atoms with Crippen LogP contribution in [-0.2, 0) is 0 Å². The maximum Gasteiger partial charge on any atom is 0.126 e. The first-order valence-corrected chi connectivity index (χ1v) is 7.69. The minimum atomic E-state index is -0.0748. The number of rotatable bonds is 3. The van der Waals surface area contributed by atoms with E-state index in [9.17, 15) is 4.39 Å². The van der Waals surface area contributed by atoms with E-state index in [0.717, 1.165) is 28.6 Å². The predicted molar refractivity (Wildman–Crippen MR) is 84.7 cm³/mol. The van der Waals surface area contributed by atoms with Crippen molar-refractivity contribution in [3.8, 4) is 0 Å². The Morgan fingerprint density at radius 1 is 1.15 bits per heavy atom. The van der Waals surface area contributed by atoms with Gasteiger partial charge in [0.2, 0.25) is 0 Å². The second-order valence-electron chi connectivity index (χ2n) is 5.55. The smallest absolute Gasteiger partial charge is 0.126 e. The molecule has 1 fully saturated rings. The highest BCUT2D eigenvalue weighted by molar-refractivity contribution is 9.10. The summed E-state index contributed by atoms with van der Waals surface area (Å²) in [6.07, 6.45) is 1.99. The third-order valence-corrected chi connectivity index (χ3v) is 4.35. The van der Waals surface area contributed by atoms with Crippen LogP contribution >= 0.6 is 15.9 Å². The Balaban J connectivity index is 1.62. The monoisotopic (exact) mass is 333 g/mol. The number of anilines is 1. The SMILES string of the molecule is Cc1cc(Br)cc(NC2CC(c3ccccc3F)C2)c1. The van der Waals surface area contributed by atoms with Crippen LogP contribution in [0.15, 0.2) is 46.9 Å². The molecule has 1 aliphatic rings. The molecule has 3 heteroatoms. The minimum absolute atomic E-state index is 0.0748. The van der Waals surface area contributed by atoms with Gasteiger partial charge in [-0.15, -0.1) is 0 Å². The highest BCUT2D eigenvalue weighted by Crippen LogP contribution is 2.39. The second kappa shape index (κ2) is 5.57. The maximum atomic E-state index is 13.7. The molecule has 0 saturated heterocycles. The van der Waals surface area contributed by atoms with Crippen molar-refractivity contribution in [2.75, 3.05) is 5.32 Å². The lowest BCUT2D eigenvalue weighted by Gasteiger charge is -2.37. The van der Waals surface area contributed by atoms with Crippen LogP contribution in [-0.4, -0.2) is 6.04 Å². The first-order chi connectivity index (χ1) is 9.61. The van der Waals surface area contributed by atoms with Gasteiger partial charge in [-0.2, -0.15) is 0 Å². The van der Waals surface area contributed by atoms with Crippen LogP contribution in [0.25, 0.3) is 0 Å². The second-order valence-corrected chi connectivity index (χ2v) is 6.46. The first-order valence-electron chi connectivity index (χ1n) is 6.90. The number of halogens is 2. The van der Waals surface area contributed by atoms with Gasteiger partial charge in [-0.25, -0.2) is 4.39 Å². The summed E-state index contributed by atoms with van der Waals surface area (Å²) in [6.45, 7) is 2.08. The molecule has 0 radical (unpaired) electrons. The Morgan fingerprint density at radius 2 is 1.90 bits per heavy atom. The third kappa shape index (κ3) is 2.88. The molecule has 0 amide bonds. The van der Waals surface area contributed by atoms with E-state index in [0.29, 0.717) is 12.0 Å². The lowest BCUT2D eigenvalue weighted by Crippen LogP contribution is -2.34. The average molecular weight is 334 g/mol. The van der Waals surface area contributed by atoms with Crippen LogP contribution < -0.4 is 5.32 Å². The van der Waals surface area contributed by atoms with Crippen molar-refractivity contribution >= 4 is 21.6 Å². The van der Waals surface area contributed by atoms with E-state index in [2.05, 4.69) is 46.4 Å². The zero-order valence-corrected chi connectivity index (χ0v) is 13.0. The molecule has 0 aromatic heterocycles. The molecule has 0 aliphatic heterocycles. The van der Waals surface area contributed by atoms with E-state index in [4.69, 9.17) is 0 Å². The summed E-state index contributed by atoms with van der Waals surface area (Å²) in [5.74, 6) is 0.274. The topological polar surface area (TPSA) is 12.0 Å². The van der Waals surface area contributed by atoms with E-state index in [1.54, 1.807) is 12.1 Å². The molecule has 2 aromatic carbocycles. The van der Waals surface area contributed by atoms with Crippen LogP contribution in [0.4, 0.5) is 10.1 Å². The summed E-state index contributed by atoms with van der Waals surface area (Å²) in [6, 6.07) is 13.9. The number of nitrogens with one attached hydrogen (secondary N) is 1. The van der Waals surface area contributed by atoms with Crippen molar-refractivity contribution in [3.63, 3.8) is 0 Å². The highest BCUT2D eigenvalue weighted by Gasteiger charge is 2.31. The van der Waals surface area contributed by atoms with Gasteiger partial charge < -0.3 is 5.32 Å². The van der Waals surface area contributed by atoms with E-state index >= 15 is 0 Å². The van der Waals surface area contributed by atoms with Crippen molar-refractivity contribution in [3.05, 3.63) is 63.9 Å². The summed E-state index contributed by atoms with van der Waals surface area (Å²) in [5.41, 5.74) is 3.22.